The first-order chi connectivity index (χ1) is 12.1. The number of amides is 2. The predicted octanol–water partition coefficient (Wildman–Crippen LogP) is 4.26. The van der Waals surface area contributed by atoms with Gasteiger partial charge < -0.3 is 4.74 Å². The van der Waals surface area contributed by atoms with Crippen LogP contribution in [0.3, 0.4) is 0 Å². The van der Waals surface area contributed by atoms with Crippen molar-refractivity contribution >= 4 is 12.0 Å². The number of unbranched alkanes of at least 4 members (excludes halogenated alkanes) is 1. The summed E-state index contributed by atoms with van der Waals surface area (Å²) in [6, 6.07) is 15.5. The second-order valence-corrected chi connectivity index (χ2v) is 6.10. The van der Waals surface area contributed by atoms with E-state index in [-0.39, 0.29) is 24.4 Å². The lowest BCUT2D eigenvalue weighted by Crippen LogP contribution is -2.34. The molecule has 1 aliphatic heterocycles. The molecule has 3 rings (SSSR count). The van der Waals surface area contributed by atoms with E-state index >= 15 is 0 Å². The Labute approximate surface area is 146 Å². The maximum absolute atomic E-state index is 12.9. The van der Waals surface area contributed by atoms with Crippen LogP contribution >= 0.6 is 0 Å². The van der Waals surface area contributed by atoms with Gasteiger partial charge in [0.2, 0.25) is 5.91 Å². The van der Waals surface area contributed by atoms with E-state index in [1.54, 1.807) is 12.1 Å². The van der Waals surface area contributed by atoms with E-state index in [9.17, 15) is 14.0 Å². The summed E-state index contributed by atoms with van der Waals surface area (Å²) in [6.45, 7) is 0.199. The van der Waals surface area contributed by atoms with E-state index in [1.165, 1.54) is 17.0 Å². The summed E-state index contributed by atoms with van der Waals surface area (Å²) >= 11 is 0. The number of ether oxygens (including phenoxy) is 1. The largest absolute Gasteiger partial charge is 0.446 e. The van der Waals surface area contributed by atoms with Crippen LogP contribution < -0.4 is 0 Å². The molecule has 0 bridgehead atoms. The molecule has 0 N–H and O–H groups in total. The van der Waals surface area contributed by atoms with Crippen LogP contribution in [0.2, 0.25) is 0 Å². The molecular weight excluding hydrogens is 321 g/mol. The predicted molar refractivity (Wildman–Crippen MR) is 91.3 cm³/mol. The first-order valence-corrected chi connectivity index (χ1v) is 8.43. The zero-order chi connectivity index (χ0) is 17.6. The van der Waals surface area contributed by atoms with Gasteiger partial charge in [0.15, 0.2) is 0 Å². The molecule has 1 saturated heterocycles. The maximum atomic E-state index is 12.9. The van der Waals surface area contributed by atoms with Crippen molar-refractivity contribution < 1.29 is 18.7 Å². The lowest BCUT2D eigenvalue weighted by Gasteiger charge is -2.19. The Bertz CT molecular complexity index is 730. The van der Waals surface area contributed by atoms with Gasteiger partial charge in [0, 0.05) is 6.42 Å². The van der Waals surface area contributed by atoms with Gasteiger partial charge in [0.25, 0.3) is 0 Å². The molecule has 130 valence electrons. The van der Waals surface area contributed by atoms with Gasteiger partial charge in [-0.15, -0.1) is 0 Å². The number of carbonyl (C=O) groups excluding carboxylic acids is 2. The third-order valence-electron chi connectivity index (χ3n) is 4.35. The molecular formula is C20H20FNO3. The number of hydrogen-bond donors (Lipinski definition) is 0. The third kappa shape index (κ3) is 4.24. The molecule has 0 saturated carbocycles. The molecule has 2 amide bonds. The van der Waals surface area contributed by atoms with Gasteiger partial charge in [-0.1, -0.05) is 42.5 Å². The van der Waals surface area contributed by atoms with Gasteiger partial charge in [-0.25, -0.2) is 14.1 Å². The quantitative estimate of drug-likeness (QED) is 0.738. The van der Waals surface area contributed by atoms with Crippen molar-refractivity contribution in [2.45, 2.75) is 31.7 Å². The van der Waals surface area contributed by atoms with Crippen molar-refractivity contribution in [1.29, 1.82) is 0 Å². The number of cyclic esters (lactones) is 1. The Morgan fingerprint density at radius 3 is 2.52 bits per heavy atom. The number of benzene rings is 2. The fourth-order valence-electron chi connectivity index (χ4n) is 2.99. The van der Waals surface area contributed by atoms with Gasteiger partial charge in [-0.3, -0.25) is 4.79 Å². The summed E-state index contributed by atoms with van der Waals surface area (Å²) in [6.07, 6.45) is 1.97. The molecule has 1 heterocycles. The fourth-order valence-corrected chi connectivity index (χ4v) is 2.99. The van der Waals surface area contributed by atoms with E-state index in [4.69, 9.17) is 4.74 Å². The highest BCUT2D eigenvalue weighted by molar-refractivity contribution is 5.93. The molecule has 0 aromatic heterocycles. The lowest BCUT2D eigenvalue weighted by molar-refractivity contribution is -0.129. The van der Waals surface area contributed by atoms with Gasteiger partial charge in [-0.05, 0) is 42.5 Å². The third-order valence-corrected chi connectivity index (χ3v) is 4.35. The Kier molecular flexibility index (Phi) is 5.43. The Balaban J connectivity index is 1.52. The monoisotopic (exact) mass is 341 g/mol. The summed E-state index contributed by atoms with van der Waals surface area (Å²) in [5.41, 5.74) is 1.93. The van der Waals surface area contributed by atoms with Gasteiger partial charge in [0.05, 0.1) is 0 Å². The minimum Gasteiger partial charge on any atom is -0.446 e. The summed E-state index contributed by atoms with van der Waals surface area (Å²) in [7, 11) is 0. The smallest absolute Gasteiger partial charge is 0.417 e. The van der Waals surface area contributed by atoms with Crippen molar-refractivity contribution in [2.75, 3.05) is 6.61 Å². The molecule has 4 nitrogen and oxygen atoms in total. The molecule has 1 aliphatic rings. The second kappa shape index (κ2) is 7.92. The van der Waals surface area contributed by atoms with E-state index in [2.05, 4.69) is 0 Å². The zero-order valence-corrected chi connectivity index (χ0v) is 13.9. The molecule has 0 aliphatic carbocycles. The summed E-state index contributed by atoms with van der Waals surface area (Å²) in [4.78, 5) is 25.6. The van der Waals surface area contributed by atoms with Crippen LogP contribution in [-0.2, 0) is 16.0 Å². The van der Waals surface area contributed by atoms with Crippen LogP contribution in [0.25, 0.3) is 0 Å². The average molecular weight is 341 g/mol. The number of rotatable bonds is 6. The second-order valence-electron chi connectivity index (χ2n) is 6.10. The van der Waals surface area contributed by atoms with Crippen molar-refractivity contribution in [3.8, 4) is 0 Å². The van der Waals surface area contributed by atoms with Crippen LogP contribution in [0.4, 0.5) is 9.18 Å². The standard InChI is InChI=1S/C20H20FNO3/c21-17-12-10-15(11-13-17)6-4-5-9-19(23)22-18(14-25-20(22)24)16-7-2-1-3-8-16/h1-3,7-8,10-13,18H,4-6,9,14H2. The number of aryl methyl sites for hydroxylation is 1. The molecule has 25 heavy (non-hydrogen) atoms. The normalized spacial score (nSPS) is 16.8. The summed E-state index contributed by atoms with van der Waals surface area (Å²) in [5.74, 6) is -0.464. The van der Waals surface area contributed by atoms with Crippen LogP contribution in [0.5, 0.6) is 0 Å². The molecule has 2 aromatic rings. The van der Waals surface area contributed by atoms with Gasteiger partial charge >= 0.3 is 6.09 Å². The summed E-state index contributed by atoms with van der Waals surface area (Å²) < 4.78 is 17.9. The molecule has 1 fully saturated rings. The minimum atomic E-state index is -0.572. The first-order valence-electron chi connectivity index (χ1n) is 8.43. The number of hydrogen-bond acceptors (Lipinski definition) is 3. The fraction of sp³-hybridized carbons (Fsp3) is 0.300. The first kappa shape index (κ1) is 17.1. The Morgan fingerprint density at radius 1 is 1.08 bits per heavy atom. The van der Waals surface area contributed by atoms with Crippen LogP contribution in [0.1, 0.15) is 36.4 Å². The van der Waals surface area contributed by atoms with Crippen molar-refractivity contribution in [3.63, 3.8) is 0 Å². The van der Waals surface area contributed by atoms with E-state index < -0.39 is 6.09 Å². The number of carbonyl (C=O) groups is 2. The minimum absolute atomic E-state index is 0.199. The highest BCUT2D eigenvalue weighted by atomic mass is 19.1. The van der Waals surface area contributed by atoms with Crippen molar-refractivity contribution in [2.24, 2.45) is 0 Å². The molecule has 0 spiro atoms. The van der Waals surface area contributed by atoms with E-state index in [1.807, 2.05) is 30.3 Å². The highest BCUT2D eigenvalue weighted by Gasteiger charge is 2.38. The van der Waals surface area contributed by atoms with Crippen LogP contribution in [0.15, 0.2) is 54.6 Å². The highest BCUT2D eigenvalue weighted by Crippen LogP contribution is 2.28. The number of imide groups is 1. The lowest BCUT2D eigenvalue weighted by atomic mass is 10.0. The van der Waals surface area contributed by atoms with E-state index in [0.717, 1.165) is 24.0 Å². The number of halogens is 1. The Morgan fingerprint density at radius 2 is 1.80 bits per heavy atom. The van der Waals surface area contributed by atoms with Crippen LogP contribution in [-0.4, -0.2) is 23.5 Å². The van der Waals surface area contributed by atoms with Gasteiger partial charge in [-0.2, -0.15) is 0 Å². The van der Waals surface area contributed by atoms with Crippen LogP contribution in [0, 0.1) is 5.82 Å². The SMILES string of the molecule is O=C(CCCCc1ccc(F)cc1)N1C(=O)OCC1c1ccccc1. The van der Waals surface area contributed by atoms with Crippen molar-refractivity contribution in [3.05, 3.63) is 71.5 Å². The Hall–Kier alpha value is -2.69. The average Bonchev–Trinajstić information content (AvgIpc) is 3.02. The summed E-state index contributed by atoms with van der Waals surface area (Å²) in [5, 5.41) is 0. The molecule has 1 atom stereocenters. The topological polar surface area (TPSA) is 46.6 Å². The molecule has 5 heteroatoms. The number of nitrogens with zero attached hydrogens (tertiary/aromatic N) is 1. The molecule has 0 radical (unpaired) electrons. The van der Waals surface area contributed by atoms with Crippen molar-refractivity contribution in [1.82, 2.24) is 4.90 Å². The van der Waals surface area contributed by atoms with E-state index in [0.29, 0.717) is 12.8 Å². The van der Waals surface area contributed by atoms with Gasteiger partial charge in [0.1, 0.15) is 18.5 Å². The zero-order valence-electron chi connectivity index (χ0n) is 13.9. The molecule has 2 aromatic carbocycles. The molecule has 1 unspecified atom stereocenters. The maximum Gasteiger partial charge on any atom is 0.417 e.